The molecule has 0 heterocycles. The molecule has 0 atom stereocenters. The Hall–Kier alpha value is -2.37. The van der Waals surface area contributed by atoms with Gasteiger partial charge in [-0.25, -0.2) is 4.39 Å². The quantitative estimate of drug-likeness (QED) is 0.630. The second kappa shape index (κ2) is 5.55. The van der Waals surface area contributed by atoms with E-state index in [2.05, 4.69) is 0 Å². The van der Waals surface area contributed by atoms with E-state index in [0.29, 0.717) is 23.9 Å². The molecule has 0 aliphatic heterocycles. The first-order valence-electron chi connectivity index (χ1n) is 5.88. The number of ketones is 1. The Kier molecular flexibility index (Phi) is 3.97. The number of rotatable bonds is 3. The fraction of sp³-hybridized carbons (Fsp3) is 0.133. The van der Waals surface area contributed by atoms with Gasteiger partial charge in [0.1, 0.15) is 11.6 Å². The molecule has 110 valence electrons. The molecule has 2 aromatic rings. The van der Waals surface area contributed by atoms with Crippen molar-refractivity contribution in [3.05, 3.63) is 65.0 Å². The van der Waals surface area contributed by atoms with Gasteiger partial charge in [-0.2, -0.15) is 13.2 Å². The van der Waals surface area contributed by atoms with E-state index in [1.54, 1.807) is 6.07 Å². The summed E-state index contributed by atoms with van der Waals surface area (Å²) in [6, 6.07) is 7.52. The van der Waals surface area contributed by atoms with Crippen molar-refractivity contribution in [3.8, 4) is 5.75 Å². The summed E-state index contributed by atoms with van der Waals surface area (Å²) in [5, 5.41) is 0. The molecule has 0 aromatic heterocycles. The molecule has 0 aliphatic rings. The fourth-order valence-corrected chi connectivity index (χ4v) is 1.80. The number of hydrogen-bond acceptors (Lipinski definition) is 2. The lowest BCUT2D eigenvalue weighted by atomic mass is 10.0. The number of hydrogen-bond donors (Lipinski definition) is 0. The monoisotopic (exact) mass is 298 g/mol. The molecule has 0 amide bonds. The minimum Gasteiger partial charge on any atom is -0.497 e. The number of carbonyl (C=O) groups excluding carboxylic acids is 1. The van der Waals surface area contributed by atoms with Crippen LogP contribution in [0, 0.1) is 5.82 Å². The number of methoxy groups -OCH3 is 1. The van der Waals surface area contributed by atoms with E-state index in [-0.39, 0.29) is 5.56 Å². The van der Waals surface area contributed by atoms with Crippen molar-refractivity contribution in [1.82, 2.24) is 0 Å². The van der Waals surface area contributed by atoms with Crippen molar-refractivity contribution in [1.29, 1.82) is 0 Å². The van der Waals surface area contributed by atoms with E-state index in [9.17, 15) is 22.4 Å². The summed E-state index contributed by atoms with van der Waals surface area (Å²) >= 11 is 0. The van der Waals surface area contributed by atoms with Crippen LogP contribution in [-0.2, 0) is 6.18 Å². The Morgan fingerprint density at radius 1 is 1.10 bits per heavy atom. The maximum Gasteiger partial charge on any atom is 0.416 e. The van der Waals surface area contributed by atoms with Gasteiger partial charge in [0.2, 0.25) is 0 Å². The lowest BCUT2D eigenvalue weighted by Crippen LogP contribution is -2.10. The highest BCUT2D eigenvalue weighted by Crippen LogP contribution is 2.31. The average Bonchev–Trinajstić information content (AvgIpc) is 2.46. The van der Waals surface area contributed by atoms with E-state index in [1.165, 1.54) is 25.3 Å². The van der Waals surface area contributed by atoms with Crippen molar-refractivity contribution in [2.45, 2.75) is 6.18 Å². The van der Waals surface area contributed by atoms with E-state index >= 15 is 0 Å². The molecule has 0 spiro atoms. The third kappa shape index (κ3) is 3.21. The molecular weight excluding hydrogens is 288 g/mol. The molecule has 0 unspecified atom stereocenters. The Labute approximate surface area is 118 Å². The molecule has 2 rings (SSSR count). The van der Waals surface area contributed by atoms with Crippen LogP contribution in [0.1, 0.15) is 21.5 Å². The molecule has 21 heavy (non-hydrogen) atoms. The van der Waals surface area contributed by atoms with Gasteiger partial charge < -0.3 is 4.74 Å². The standard InChI is InChI=1S/C15H10F4O2/c1-21-11-4-2-3-9(7-11)14(20)12-8-10(15(17,18)19)5-6-13(12)16/h2-8H,1H3. The van der Waals surface area contributed by atoms with Crippen molar-refractivity contribution in [2.75, 3.05) is 7.11 Å². The lowest BCUT2D eigenvalue weighted by Gasteiger charge is -2.10. The minimum atomic E-state index is -4.64. The van der Waals surface area contributed by atoms with Gasteiger partial charge in [0.15, 0.2) is 5.78 Å². The van der Waals surface area contributed by atoms with E-state index in [4.69, 9.17) is 4.74 Å². The van der Waals surface area contributed by atoms with E-state index < -0.39 is 28.9 Å². The molecular formula is C15H10F4O2. The van der Waals surface area contributed by atoms with Crippen LogP contribution in [0.25, 0.3) is 0 Å². The summed E-state index contributed by atoms with van der Waals surface area (Å²) in [6.07, 6.45) is -4.64. The Morgan fingerprint density at radius 3 is 2.43 bits per heavy atom. The molecule has 0 radical (unpaired) electrons. The Bertz CT molecular complexity index is 678. The van der Waals surface area contributed by atoms with Crippen LogP contribution in [0.5, 0.6) is 5.75 Å². The largest absolute Gasteiger partial charge is 0.497 e. The molecule has 0 bridgehead atoms. The minimum absolute atomic E-state index is 0.0487. The van der Waals surface area contributed by atoms with Gasteiger partial charge in [-0.1, -0.05) is 12.1 Å². The molecule has 0 saturated carbocycles. The predicted molar refractivity (Wildman–Crippen MR) is 67.8 cm³/mol. The average molecular weight is 298 g/mol. The maximum absolute atomic E-state index is 13.7. The van der Waals surface area contributed by atoms with Crippen LogP contribution in [-0.4, -0.2) is 12.9 Å². The van der Waals surface area contributed by atoms with E-state index in [1.807, 2.05) is 0 Å². The molecule has 0 fully saturated rings. The van der Waals surface area contributed by atoms with Crippen LogP contribution in [0.2, 0.25) is 0 Å². The summed E-state index contributed by atoms with van der Waals surface area (Å²) in [5.41, 5.74) is -1.65. The summed E-state index contributed by atoms with van der Waals surface area (Å²) in [4.78, 5) is 12.2. The molecule has 0 N–H and O–H groups in total. The number of alkyl halides is 3. The van der Waals surface area contributed by atoms with Crippen LogP contribution in [0.15, 0.2) is 42.5 Å². The zero-order valence-corrected chi connectivity index (χ0v) is 10.9. The molecule has 2 nitrogen and oxygen atoms in total. The van der Waals surface area contributed by atoms with Gasteiger partial charge >= 0.3 is 6.18 Å². The van der Waals surface area contributed by atoms with Crippen LogP contribution < -0.4 is 4.74 Å². The van der Waals surface area contributed by atoms with Gasteiger partial charge in [-0.3, -0.25) is 4.79 Å². The number of carbonyl (C=O) groups is 1. The SMILES string of the molecule is COc1cccc(C(=O)c2cc(C(F)(F)F)ccc2F)c1. The molecule has 0 aliphatic carbocycles. The van der Waals surface area contributed by atoms with Crippen molar-refractivity contribution >= 4 is 5.78 Å². The molecule has 2 aromatic carbocycles. The highest BCUT2D eigenvalue weighted by molar-refractivity contribution is 6.09. The van der Waals surface area contributed by atoms with Gasteiger partial charge in [-0.15, -0.1) is 0 Å². The number of ether oxygens (including phenoxy) is 1. The Morgan fingerprint density at radius 2 is 1.81 bits per heavy atom. The van der Waals surface area contributed by atoms with Gasteiger partial charge in [0, 0.05) is 5.56 Å². The summed E-state index contributed by atoms with van der Waals surface area (Å²) in [5.74, 6) is -1.48. The highest BCUT2D eigenvalue weighted by Gasteiger charge is 2.32. The summed E-state index contributed by atoms with van der Waals surface area (Å²) in [6.45, 7) is 0. The van der Waals surface area contributed by atoms with Crippen molar-refractivity contribution in [3.63, 3.8) is 0 Å². The summed E-state index contributed by atoms with van der Waals surface area (Å²) in [7, 11) is 1.38. The van der Waals surface area contributed by atoms with Crippen molar-refractivity contribution in [2.24, 2.45) is 0 Å². The fourth-order valence-electron chi connectivity index (χ4n) is 1.80. The van der Waals surface area contributed by atoms with Gasteiger partial charge in [0.05, 0.1) is 18.2 Å². The zero-order valence-electron chi connectivity index (χ0n) is 10.9. The second-order valence-electron chi connectivity index (χ2n) is 4.25. The highest BCUT2D eigenvalue weighted by atomic mass is 19.4. The lowest BCUT2D eigenvalue weighted by molar-refractivity contribution is -0.137. The topological polar surface area (TPSA) is 26.3 Å². The first kappa shape index (κ1) is 15.0. The normalized spacial score (nSPS) is 11.3. The Balaban J connectivity index is 2.47. The van der Waals surface area contributed by atoms with E-state index in [0.717, 1.165) is 0 Å². The van der Waals surface area contributed by atoms with Crippen LogP contribution in [0.4, 0.5) is 17.6 Å². The maximum atomic E-state index is 13.7. The zero-order chi connectivity index (χ0) is 15.6. The first-order chi connectivity index (χ1) is 9.82. The van der Waals surface area contributed by atoms with Gasteiger partial charge in [0.25, 0.3) is 0 Å². The molecule has 0 saturated heterocycles. The van der Waals surface area contributed by atoms with Crippen LogP contribution in [0.3, 0.4) is 0 Å². The third-order valence-corrected chi connectivity index (χ3v) is 2.87. The summed E-state index contributed by atoms with van der Waals surface area (Å²) < 4.78 is 56.5. The number of halogens is 4. The third-order valence-electron chi connectivity index (χ3n) is 2.87. The van der Waals surface area contributed by atoms with Crippen LogP contribution >= 0.6 is 0 Å². The van der Waals surface area contributed by atoms with Crippen molar-refractivity contribution < 1.29 is 27.1 Å². The van der Waals surface area contributed by atoms with Gasteiger partial charge in [-0.05, 0) is 30.3 Å². The smallest absolute Gasteiger partial charge is 0.416 e. The first-order valence-corrected chi connectivity index (χ1v) is 5.88. The second-order valence-corrected chi connectivity index (χ2v) is 4.25. The predicted octanol–water partition coefficient (Wildman–Crippen LogP) is 4.08. The molecule has 6 heteroatoms. The number of benzene rings is 2.